The van der Waals surface area contributed by atoms with Crippen LogP contribution < -0.4 is 0 Å². The summed E-state index contributed by atoms with van der Waals surface area (Å²) in [6.45, 7) is 2.14. The maximum atomic E-state index is 11.0. The first kappa shape index (κ1) is 10.3. The Bertz CT molecular complexity index is 599. The van der Waals surface area contributed by atoms with Crippen molar-refractivity contribution in [3.8, 4) is 0 Å². The van der Waals surface area contributed by atoms with Crippen molar-refractivity contribution < 1.29 is 9.90 Å². The van der Waals surface area contributed by atoms with Crippen LogP contribution >= 0.6 is 0 Å². The first-order chi connectivity index (χ1) is 8.10. The van der Waals surface area contributed by atoms with Crippen molar-refractivity contribution in [3.05, 3.63) is 23.8 Å². The molecule has 1 aromatic carbocycles. The fourth-order valence-corrected chi connectivity index (χ4v) is 2.35. The first-order valence-electron chi connectivity index (χ1n) is 5.69. The van der Waals surface area contributed by atoms with Crippen molar-refractivity contribution in [2.45, 2.75) is 31.7 Å². The Morgan fingerprint density at radius 1 is 1.47 bits per heavy atom. The minimum Gasteiger partial charge on any atom is -0.478 e. The van der Waals surface area contributed by atoms with Gasteiger partial charge in [0.2, 0.25) is 0 Å². The number of carbonyl (C=O) groups is 1. The van der Waals surface area contributed by atoms with Gasteiger partial charge < -0.3 is 5.11 Å². The van der Waals surface area contributed by atoms with Crippen LogP contribution in [0, 0.1) is 0 Å². The second-order valence-electron chi connectivity index (χ2n) is 4.86. The van der Waals surface area contributed by atoms with E-state index in [1.54, 1.807) is 18.2 Å². The van der Waals surface area contributed by atoms with Gasteiger partial charge in [0.25, 0.3) is 0 Å². The monoisotopic (exact) mass is 231 g/mol. The van der Waals surface area contributed by atoms with Gasteiger partial charge in [-0.25, -0.2) is 9.48 Å². The number of nitrogens with zero attached hydrogens (tertiary/aromatic N) is 3. The topological polar surface area (TPSA) is 68.0 Å². The Kier molecular flexibility index (Phi) is 1.98. The summed E-state index contributed by atoms with van der Waals surface area (Å²) < 4.78 is 1.87. The van der Waals surface area contributed by atoms with Gasteiger partial charge in [0.05, 0.1) is 16.6 Å². The number of hydrogen-bond acceptors (Lipinski definition) is 3. The van der Waals surface area contributed by atoms with Crippen molar-refractivity contribution >= 4 is 17.0 Å². The molecule has 0 atom stereocenters. The van der Waals surface area contributed by atoms with Crippen LogP contribution in [-0.4, -0.2) is 26.1 Å². The molecule has 0 saturated heterocycles. The summed E-state index contributed by atoms with van der Waals surface area (Å²) >= 11 is 0. The van der Waals surface area contributed by atoms with Gasteiger partial charge in [0, 0.05) is 0 Å². The van der Waals surface area contributed by atoms with Crippen molar-refractivity contribution in [2.75, 3.05) is 0 Å². The van der Waals surface area contributed by atoms with Gasteiger partial charge in [-0.1, -0.05) is 5.21 Å². The third kappa shape index (κ3) is 1.42. The lowest BCUT2D eigenvalue weighted by atomic mass is 9.78. The molecule has 0 aliphatic heterocycles. The highest BCUT2D eigenvalue weighted by Gasteiger charge is 2.36. The fourth-order valence-electron chi connectivity index (χ4n) is 2.35. The molecule has 5 heteroatoms. The van der Waals surface area contributed by atoms with Gasteiger partial charge >= 0.3 is 5.97 Å². The van der Waals surface area contributed by atoms with Crippen molar-refractivity contribution in [3.63, 3.8) is 0 Å². The Balaban J connectivity index is 2.19. The second kappa shape index (κ2) is 3.29. The molecule has 3 rings (SSSR count). The highest BCUT2D eigenvalue weighted by Crippen LogP contribution is 2.39. The minimum absolute atomic E-state index is 0.00583. The van der Waals surface area contributed by atoms with E-state index in [1.165, 1.54) is 6.42 Å². The lowest BCUT2D eigenvalue weighted by molar-refractivity contribution is 0.0697. The quantitative estimate of drug-likeness (QED) is 0.858. The number of carboxylic acid groups (broad SMARTS) is 1. The molecule has 1 N–H and O–H groups in total. The highest BCUT2D eigenvalue weighted by atomic mass is 16.4. The summed E-state index contributed by atoms with van der Waals surface area (Å²) in [5.74, 6) is -0.918. The molecule has 1 aliphatic rings. The van der Waals surface area contributed by atoms with Gasteiger partial charge in [-0.3, -0.25) is 0 Å². The van der Waals surface area contributed by atoms with E-state index in [0.717, 1.165) is 23.9 Å². The number of rotatable bonds is 2. The average Bonchev–Trinajstić information content (AvgIpc) is 2.68. The summed E-state index contributed by atoms with van der Waals surface area (Å²) in [7, 11) is 0. The number of hydrogen-bond donors (Lipinski definition) is 1. The molecular formula is C12H13N3O2. The van der Waals surface area contributed by atoms with Gasteiger partial charge in [-0.15, -0.1) is 5.10 Å². The zero-order valence-corrected chi connectivity index (χ0v) is 9.55. The predicted molar refractivity (Wildman–Crippen MR) is 62.0 cm³/mol. The molecule has 17 heavy (non-hydrogen) atoms. The van der Waals surface area contributed by atoms with E-state index in [0.29, 0.717) is 0 Å². The predicted octanol–water partition coefficient (Wildman–Crippen LogP) is 2.03. The molecule has 0 spiro atoms. The molecule has 5 nitrogen and oxygen atoms in total. The van der Waals surface area contributed by atoms with Gasteiger partial charge in [-0.2, -0.15) is 0 Å². The minimum atomic E-state index is -0.918. The molecular weight excluding hydrogens is 218 g/mol. The van der Waals surface area contributed by atoms with E-state index in [1.807, 2.05) is 4.68 Å². The van der Waals surface area contributed by atoms with Crippen LogP contribution in [0.4, 0.5) is 0 Å². The Labute approximate surface area is 98.0 Å². The standard InChI is InChI=1S/C12H13N3O2/c1-12(5-2-6-12)15-10-7-8(11(16)17)3-4-9(10)13-14-15/h3-4,7H,2,5-6H2,1H3,(H,16,17). The van der Waals surface area contributed by atoms with E-state index in [4.69, 9.17) is 5.11 Å². The van der Waals surface area contributed by atoms with Crippen LogP contribution in [0.3, 0.4) is 0 Å². The lowest BCUT2D eigenvalue weighted by Crippen LogP contribution is -2.38. The molecule has 0 radical (unpaired) electrons. The highest BCUT2D eigenvalue weighted by molar-refractivity contribution is 5.92. The zero-order chi connectivity index (χ0) is 12.0. The summed E-state index contributed by atoms with van der Waals surface area (Å²) in [4.78, 5) is 11.0. The summed E-state index contributed by atoms with van der Waals surface area (Å²) in [6.07, 6.45) is 3.34. The third-order valence-electron chi connectivity index (χ3n) is 3.63. The third-order valence-corrected chi connectivity index (χ3v) is 3.63. The van der Waals surface area contributed by atoms with Crippen LogP contribution in [0.15, 0.2) is 18.2 Å². The fraction of sp³-hybridized carbons (Fsp3) is 0.417. The number of aromatic carboxylic acids is 1. The largest absolute Gasteiger partial charge is 0.478 e. The molecule has 1 aliphatic carbocycles. The maximum Gasteiger partial charge on any atom is 0.335 e. The molecule has 1 aromatic heterocycles. The Morgan fingerprint density at radius 3 is 2.82 bits per heavy atom. The van der Waals surface area contributed by atoms with Crippen LogP contribution in [0.25, 0.3) is 11.0 Å². The van der Waals surface area contributed by atoms with Gasteiger partial charge in [0.1, 0.15) is 5.52 Å². The molecule has 0 bridgehead atoms. The van der Waals surface area contributed by atoms with E-state index < -0.39 is 5.97 Å². The van der Waals surface area contributed by atoms with E-state index >= 15 is 0 Å². The molecule has 2 aromatic rings. The summed E-state index contributed by atoms with van der Waals surface area (Å²) in [5.41, 5.74) is 1.85. The van der Waals surface area contributed by atoms with Crippen LogP contribution in [0.5, 0.6) is 0 Å². The van der Waals surface area contributed by atoms with Crippen LogP contribution in [0.1, 0.15) is 36.5 Å². The van der Waals surface area contributed by atoms with Crippen molar-refractivity contribution in [1.82, 2.24) is 15.0 Å². The Morgan fingerprint density at radius 2 is 2.24 bits per heavy atom. The first-order valence-corrected chi connectivity index (χ1v) is 5.69. The zero-order valence-electron chi connectivity index (χ0n) is 9.55. The normalized spacial score (nSPS) is 17.9. The summed E-state index contributed by atoms with van der Waals surface area (Å²) in [6, 6.07) is 4.93. The number of benzene rings is 1. The molecule has 0 unspecified atom stereocenters. The Hall–Kier alpha value is -1.91. The average molecular weight is 231 g/mol. The van der Waals surface area contributed by atoms with Crippen molar-refractivity contribution in [2.24, 2.45) is 0 Å². The molecule has 1 saturated carbocycles. The van der Waals surface area contributed by atoms with Gasteiger partial charge in [-0.05, 0) is 44.4 Å². The SMILES string of the molecule is CC1(n2nnc3ccc(C(=O)O)cc32)CCC1. The smallest absolute Gasteiger partial charge is 0.335 e. The maximum absolute atomic E-state index is 11.0. The molecule has 1 fully saturated rings. The number of aromatic nitrogens is 3. The molecule has 88 valence electrons. The number of fused-ring (bicyclic) bond motifs is 1. The van der Waals surface area contributed by atoms with E-state index in [-0.39, 0.29) is 11.1 Å². The summed E-state index contributed by atoms with van der Waals surface area (Å²) in [5, 5.41) is 17.2. The van der Waals surface area contributed by atoms with E-state index in [2.05, 4.69) is 17.2 Å². The van der Waals surface area contributed by atoms with E-state index in [9.17, 15) is 4.79 Å². The molecule has 0 amide bonds. The second-order valence-corrected chi connectivity index (χ2v) is 4.86. The lowest BCUT2D eigenvalue weighted by Gasteiger charge is -2.38. The molecule has 1 heterocycles. The van der Waals surface area contributed by atoms with Crippen LogP contribution in [0.2, 0.25) is 0 Å². The van der Waals surface area contributed by atoms with Crippen LogP contribution in [-0.2, 0) is 5.54 Å². The van der Waals surface area contributed by atoms with Crippen molar-refractivity contribution in [1.29, 1.82) is 0 Å². The number of carboxylic acids is 1. The van der Waals surface area contributed by atoms with Gasteiger partial charge in [0.15, 0.2) is 0 Å².